The van der Waals surface area contributed by atoms with Gasteiger partial charge in [0.25, 0.3) is 0 Å². The van der Waals surface area contributed by atoms with Crippen LogP contribution in [0.1, 0.15) is 26.2 Å². The van der Waals surface area contributed by atoms with Gasteiger partial charge < -0.3 is 9.47 Å². The van der Waals surface area contributed by atoms with Gasteiger partial charge in [-0.1, -0.05) is 6.92 Å². The zero-order valence-corrected chi connectivity index (χ0v) is 9.66. The Morgan fingerprint density at radius 1 is 1.67 bits per heavy atom. The van der Waals surface area contributed by atoms with Gasteiger partial charge in [-0.3, -0.25) is 5.84 Å². The molecule has 88 valence electrons. The van der Waals surface area contributed by atoms with Crippen molar-refractivity contribution in [1.82, 2.24) is 5.43 Å². The van der Waals surface area contributed by atoms with Gasteiger partial charge in [0.2, 0.25) is 0 Å². The Morgan fingerprint density at radius 3 is 3.00 bits per heavy atom. The molecule has 0 aromatic rings. The number of allylic oxidation sites excluding steroid dienone is 1. The highest BCUT2D eigenvalue weighted by molar-refractivity contribution is 5.05. The van der Waals surface area contributed by atoms with Crippen LogP contribution in [0, 0.1) is 5.92 Å². The number of methoxy groups -OCH3 is 1. The molecule has 4 heteroatoms. The maximum Gasteiger partial charge on any atom is 0.110 e. The fourth-order valence-electron chi connectivity index (χ4n) is 1.84. The van der Waals surface area contributed by atoms with Crippen LogP contribution >= 0.6 is 0 Å². The minimum atomic E-state index is 0.121. The fourth-order valence-corrected chi connectivity index (χ4v) is 1.84. The van der Waals surface area contributed by atoms with Crippen LogP contribution in [0.3, 0.4) is 0 Å². The van der Waals surface area contributed by atoms with E-state index >= 15 is 0 Å². The Kier molecular flexibility index (Phi) is 5.68. The van der Waals surface area contributed by atoms with Crippen molar-refractivity contribution < 1.29 is 9.47 Å². The van der Waals surface area contributed by atoms with E-state index in [1.807, 2.05) is 0 Å². The molecule has 0 saturated carbocycles. The van der Waals surface area contributed by atoms with Crippen molar-refractivity contribution in [2.75, 3.05) is 20.3 Å². The number of hydrogen-bond donors (Lipinski definition) is 2. The van der Waals surface area contributed by atoms with Crippen LogP contribution in [0.4, 0.5) is 0 Å². The first-order valence-electron chi connectivity index (χ1n) is 5.55. The molecular formula is C11H22N2O2. The molecular weight excluding hydrogens is 192 g/mol. The largest absolute Gasteiger partial charge is 0.497 e. The first-order valence-corrected chi connectivity index (χ1v) is 5.55. The zero-order chi connectivity index (χ0) is 11.1. The maximum atomic E-state index is 5.59. The molecule has 15 heavy (non-hydrogen) atoms. The second kappa shape index (κ2) is 6.82. The second-order valence-corrected chi connectivity index (χ2v) is 4.11. The third-order valence-corrected chi connectivity index (χ3v) is 2.60. The molecule has 2 unspecified atom stereocenters. The van der Waals surface area contributed by atoms with Gasteiger partial charge in [0.05, 0.1) is 12.6 Å². The minimum absolute atomic E-state index is 0.121. The maximum absolute atomic E-state index is 5.59. The van der Waals surface area contributed by atoms with E-state index in [2.05, 4.69) is 18.4 Å². The highest BCUT2D eigenvalue weighted by Crippen LogP contribution is 2.18. The summed E-state index contributed by atoms with van der Waals surface area (Å²) >= 11 is 0. The number of nitrogens with two attached hydrogens (primary N) is 1. The summed E-state index contributed by atoms with van der Waals surface area (Å²) in [4.78, 5) is 0. The first-order chi connectivity index (χ1) is 7.27. The Morgan fingerprint density at radius 2 is 2.47 bits per heavy atom. The summed E-state index contributed by atoms with van der Waals surface area (Å²) in [5, 5.41) is 0. The standard InChI is InChI=1S/C11H22N2O2/c1-9(8-14-2)7-10(13-12)11-5-3-4-6-15-11/h5,9-10,13H,3-4,6-8,12H2,1-2H3. The van der Waals surface area contributed by atoms with Crippen LogP contribution in [0.2, 0.25) is 0 Å². The van der Waals surface area contributed by atoms with E-state index in [1.54, 1.807) is 7.11 Å². The normalized spacial score (nSPS) is 20.3. The highest BCUT2D eigenvalue weighted by Gasteiger charge is 2.19. The van der Waals surface area contributed by atoms with Gasteiger partial charge in [-0.05, 0) is 31.3 Å². The summed E-state index contributed by atoms with van der Waals surface area (Å²) in [7, 11) is 1.72. The summed E-state index contributed by atoms with van der Waals surface area (Å²) in [6, 6.07) is 0.121. The van der Waals surface area contributed by atoms with Crippen LogP contribution in [-0.2, 0) is 9.47 Å². The lowest BCUT2D eigenvalue weighted by Gasteiger charge is -2.25. The molecule has 1 heterocycles. The quantitative estimate of drug-likeness (QED) is 0.515. The van der Waals surface area contributed by atoms with Crippen molar-refractivity contribution in [3.05, 3.63) is 11.8 Å². The molecule has 0 aromatic carbocycles. The Bertz CT molecular complexity index is 207. The van der Waals surface area contributed by atoms with Crippen LogP contribution < -0.4 is 11.3 Å². The van der Waals surface area contributed by atoms with Gasteiger partial charge in [0.15, 0.2) is 0 Å². The lowest BCUT2D eigenvalue weighted by atomic mass is 10.00. The van der Waals surface area contributed by atoms with Crippen LogP contribution in [0.25, 0.3) is 0 Å². The minimum Gasteiger partial charge on any atom is -0.497 e. The molecule has 1 aliphatic heterocycles. The van der Waals surface area contributed by atoms with Crippen molar-refractivity contribution in [3.63, 3.8) is 0 Å². The summed E-state index contributed by atoms with van der Waals surface area (Å²) in [5.74, 6) is 7.00. The Balaban J connectivity index is 2.43. The van der Waals surface area contributed by atoms with E-state index in [-0.39, 0.29) is 6.04 Å². The molecule has 4 nitrogen and oxygen atoms in total. The third kappa shape index (κ3) is 4.20. The molecule has 1 aliphatic rings. The summed E-state index contributed by atoms with van der Waals surface area (Å²) in [6.07, 6.45) is 5.27. The van der Waals surface area contributed by atoms with Gasteiger partial charge >= 0.3 is 0 Å². The fraction of sp³-hybridized carbons (Fsp3) is 0.818. The number of hydrogen-bond acceptors (Lipinski definition) is 4. The molecule has 0 amide bonds. The molecule has 0 aliphatic carbocycles. The number of rotatable bonds is 6. The molecule has 3 N–H and O–H groups in total. The number of ether oxygens (including phenoxy) is 2. The van der Waals surface area contributed by atoms with Gasteiger partial charge in [-0.15, -0.1) is 0 Å². The van der Waals surface area contributed by atoms with Crippen molar-refractivity contribution in [1.29, 1.82) is 0 Å². The molecule has 0 spiro atoms. The summed E-state index contributed by atoms with van der Waals surface area (Å²) in [6.45, 7) is 3.71. The van der Waals surface area contributed by atoms with Crippen molar-refractivity contribution in [2.45, 2.75) is 32.2 Å². The topological polar surface area (TPSA) is 56.5 Å². The van der Waals surface area contributed by atoms with Crippen molar-refractivity contribution in [3.8, 4) is 0 Å². The lowest BCUT2D eigenvalue weighted by Crippen LogP contribution is -2.39. The van der Waals surface area contributed by atoms with Crippen molar-refractivity contribution in [2.24, 2.45) is 11.8 Å². The van der Waals surface area contributed by atoms with Crippen LogP contribution in [-0.4, -0.2) is 26.4 Å². The molecule has 0 bridgehead atoms. The monoisotopic (exact) mass is 214 g/mol. The van der Waals surface area contributed by atoms with E-state index in [0.717, 1.165) is 38.2 Å². The average molecular weight is 214 g/mol. The first kappa shape index (κ1) is 12.5. The van der Waals surface area contributed by atoms with Crippen LogP contribution in [0.15, 0.2) is 11.8 Å². The van der Waals surface area contributed by atoms with Crippen molar-refractivity contribution >= 4 is 0 Å². The van der Waals surface area contributed by atoms with E-state index < -0.39 is 0 Å². The molecule has 0 saturated heterocycles. The number of nitrogens with one attached hydrogen (secondary N) is 1. The van der Waals surface area contributed by atoms with E-state index in [0.29, 0.717) is 5.92 Å². The molecule has 0 radical (unpaired) electrons. The number of hydrazine groups is 1. The molecule has 1 rings (SSSR count). The predicted molar refractivity (Wildman–Crippen MR) is 60.0 cm³/mol. The smallest absolute Gasteiger partial charge is 0.110 e. The summed E-state index contributed by atoms with van der Waals surface area (Å²) < 4.78 is 10.7. The molecule has 0 aromatic heterocycles. The zero-order valence-electron chi connectivity index (χ0n) is 9.66. The molecule has 2 atom stereocenters. The summed E-state index contributed by atoms with van der Waals surface area (Å²) in [5.41, 5.74) is 2.81. The van der Waals surface area contributed by atoms with E-state index in [4.69, 9.17) is 15.3 Å². The average Bonchev–Trinajstić information content (AvgIpc) is 2.27. The third-order valence-electron chi connectivity index (χ3n) is 2.60. The lowest BCUT2D eigenvalue weighted by molar-refractivity contribution is 0.131. The van der Waals surface area contributed by atoms with Crippen LogP contribution in [0.5, 0.6) is 0 Å². The van der Waals surface area contributed by atoms with Gasteiger partial charge in [-0.25, -0.2) is 5.43 Å². The molecule has 0 fully saturated rings. The SMILES string of the molecule is COCC(C)CC(NN)C1=CCCCO1. The van der Waals surface area contributed by atoms with Gasteiger partial charge in [0, 0.05) is 13.7 Å². The van der Waals surface area contributed by atoms with Gasteiger partial charge in [-0.2, -0.15) is 0 Å². The van der Waals surface area contributed by atoms with E-state index in [1.165, 1.54) is 0 Å². The Hall–Kier alpha value is -0.580. The van der Waals surface area contributed by atoms with E-state index in [9.17, 15) is 0 Å². The highest BCUT2D eigenvalue weighted by atomic mass is 16.5. The predicted octanol–water partition coefficient (Wildman–Crippen LogP) is 1.19. The second-order valence-electron chi connectivity index (χ2n) is 4.11. The van der Waals surface area contributed by atoms with Gasteiger partial charge in [0.1, 0.15) is 5.76 Å². The Labute approximate surface area is 91.8 Å².